The second-order valence-corrected chi connectivity index (χ2v) is 8.52. The maximum Gasteiger partial charge on any atom is 0.191 e. The van der Waals surface area contributed by atoms with E-state index in [1.165, 1.54) is 0 Å². The molecule has 1 unspecified atom stereocenters. The van der Waals surface area contributed by atoms with Crippen LogP contribution in [0.2, 0.25) is 5.02 Å². The van der Waals surface area contributed by atoms with Gasteiger partial charge in [-0.3, -0.25) is 4.99 Å². The third-order valence-electron chi connectivity index (χ3n) is 5.81. The van der Waals surface area contributed by atoms with Crippen LogP contribution >= 0.6 is 11.6 Å². The summed E-state index contributed by atoms with van der Waals surface area (Å²) in [5.74, 6) is 1.74. The molecule has 2 aliphatic rings. The molecule has 3 N–H and O–H groups in total. The summed E-state index contributed by atoms with van der Waals surface area (Å²) in [5.41, 5.74) is 1.04. The predicted octanol–water partition coefficient (Wildman–Crippen LogP) is 2.33. The average molecular weight is 438 g/mol. The summed E-state index contributed by atoms with van der Waals surface area (Å²) < 4.78 is 5.51. The van der Waals surface area contributed by atoms with Gasteiger partial charge in [0.05, 0.1) is 18.9 Å². The molecule has 0 radical (unpaired) electrons. The van der Waals surface area contributed by atoms with E-state index in [-0.39, 0.29) is 6.10 Å². The molecule has 2 aliphatic heterocycles. The van der Waals surface area contributed by atoms with Crippen LogP contribution in [-0.2, 0) is 0 Å². The molecule has 0 aromatic heterocycles. The zero-order chi connectivity index (χ0) is 21.3. The maximum absolute atomic E-state index is 9.62. The van der Waals surface area contributed by atoms with Crippen LogP contribution in [0.3, 0.4) is 0 Å². The maximum atomic E-state index is 9.62. The van der Waals surface area contributed by atoms with Gasteiger partial charge in [0.1, 0.15) is 5.75 Å². The molecule has 8 heteroatoms. The number of guanidine groups is 1. The lowest BCUT2D eigenvalue weighted by Crippen LogP contribution is -2.44. The van der Waals surface area contributed by atoms with Crippen LogP contribution < -0.4 is 20.3 Å². The molecular formula is C22H36ClN5O2. The molecule has 168 valence electrons. The van der Waals surface area contributed by atoms with Gasteiger partial charge in [0.25, 0.3) is 0 Å². The third kappa shape index (κ3) is 6.65. The first kappa shape index (κ1) is 23.0. The van der Waals surface area contributed by atoms with Gasteiger partial charge in [-0.2, -0.15) is 0 Å². The molecule has 2 fully saturated rings. The number of hydrogen-bond donors (Lipinski definition) is 3. The zero-order valence-corrected chi connectivity index (χ0v) is 19.0. The number of likely N-dealkylation sites (tertiary alicyclic amines) is 1. The molecule has 0 spiro atoms. The number of nitrogens with zero attached hydrogens (tertiary/aromatic N) is 3. The highest BCUT2D eigenvalue weighted by Crippen LogP contribution is 2.33. The number of anilines is 1. The summed E-state index contributed by atoms with van der Waals surface area (Å²) in [7, 11) is 1.69. The van der Waals surface area contributed by atoms with Gasteiger partial charge in [0.2, 0.25) is 0 Å². The molecular weight excluding hydrogens is 402 g/mol. The average Bonchev–Trinajstić information content (AvgIpc) is 3.21. The molecule has 3 rings (SSSR count). The van der Waals surface area contributed by atoms with Crippen LogP contribution in [0.5, 0.6) is 5.75 Å². The van der Waals surface area contributed by atoms with Crippen molar-refractivity contribution in [2.45, 2.75) is 44.8 Å². The second-order valence-electron chi connectivity index (χ2n) is 8.08. The Bertz CT molecular complexity index is 694. The highest BCUT2D eigenvalue weighted by atomic mass is 35.5. The van der Waals surface area contributed by atoms with Crippen molar-refractivity contribution >= 4 is 23.2 Å². The molecule has 1 atom stereocenters. The number of aliphatic hydroxyl groups excluding tert-OH is 1. The van der Waals surface area contributed by atoms with E-state index in [1.54, 1.807) is 7.11 Å². The molecule has 2 saturated heterocycles. The normalized spacial score (nSPS) is 21.1. The lowest BCUT2D eigenvalue weighted by Gasteiger charge is -2.29. The molecule has 30 heavy (non-hydrogen) atoms. The van der Waals surface area contributed by atoms with Gasteiger partial charge in [-0.05, 0) is 57.4 Å². The van der Waals surface area contributed by atoms with E-state index in [1.807, 2.05) is 18.2 Å². The molecule has 2 heterocycles. The first-order chi connectivity index (χ1) is 14.6. The number of methoxy groups -OCH3 is 1. The molecule has 0 saturated carbocycles. The van der Waals surface area contributed by atoms with Crippen LogP contribution in [0, 0.1) is 0 Å². The van der Waals surface area contributed by atoms with E-state index in [2.05, 4.69) is 27.4 Å². The molecule has 0 bridgehead atoms. The van der Waals surface area contributed by atoms with Crippen molar-refractivity contribution in [3.05, 3.63) is 23.2 Å². The van der Waals surface area contributed by atoms with Crippen LogP contribution in [0.25, 0.3) is 0 Å². The Morgan fingerprint density at radius 1 is 1.27 bits per heavy atom. The number of nitrogens with one attached hydrogen (secondary N) is 2. The van der Waals surface area contributed by atoms with Gasteiger partial charge in [-0.25, -0.2) is 0 Å². The first-order valence-corrected chi connectivity index (χ1v) is 11.5. The number of benzene rings is 1. The fraction of sp³-hybridized carbons (Fsp3) is 0.682. The van der Waals surface area contributed by atoms with Crippen molar-refractivity contribution in [2.24, 2.45) is 4.99 Å². The topological polar surface area (TPSA) is 72.4 Å². The van der Waals surface area contributed by atoms with Gasteiger partial charge >= 0.3 is 0 Å². The Morgan fingerprint density at radius 3 is 2.80 bits per heavy atom. The van der Waals surface area contributed by atoms with Crippen LogP contribution in [0.4, 0.5) is 5.69 Å². The zero-order valence-electron chi connectivity index (χ0n) is 18.2. The Morgan fingerprint density at radius 2 is 2.07 bits per heavy atom. The van der Waals surface area contributed by atoms with Crippen molar-refractivity contribution in [3.63, 3.8) is 0 Å². The second kappa shape index (κ2) is 11.6. The predicted molar refractivity (Wildman–Crippen MR) is 124 cm³/mol. The SMILES string of the molecule is CCNC(=NCCCN1CCC(O)CC1)NC1CCN(c2cc(Cl)ccc2OC)C1. The van der Waals surface area contributed by atoms with Crippen LogP contribution in [-0.4, -0.2) is 81.0 Å². The lowest BCUT2D eigenvalue weighted by molar-refractivity contribution is 0.0824. The van der Waals surface area contributed by atoms with Gasteiger partial charge in [-0.1, -0.05) is 11.6 Å². The highest BCUT2D eigenvalue weighted by molar-refractivity contribution is 6.30. The van der Waals surface area contributed by atoms with E-state index >= 15 is 0 Å². The monoisotopic (exact) mass is 437 g/mol. The molecule has 1 aromatic rings. The number of aliphatic hydroxyl groups is 1. The Kier molecular flexibility index (Phi) is 8.90. The van der Waals surface area contributed by atoms with Gasteiger partial charge in [0.15, 0.2) is 5.96 Å². The van der Waals surface area contributed by atoms with Gasteiger partial charge < -0.3 is 30.3 Å². The fourth-order valence-electron chi connectivity index (χ4n) is 4.15. The van der Waals surface area contributed by atoms with Crippen molar-refractivity contribution in [1.29, 1.82) is 0 Å². The van der Waals surface area contributed by atoms with E-state index in [0.717, 1.165) is 93.9 Å². The Balaban J connectivity index is 1.48. The highest BCUT2D eigenvalue weighted by Gasteiger charge is 2.25. The van der Waals surface area contributed by atoms with Crippen LogP contribution in [0.1, 0.15) is 32.6 Å². The van der Waals surface area contributed by atoms with E-state index < -0.39 is 0 Å². The van der Waals surface area contributed by atoms with E-state index in [0.29, 0.717) is 6.04 Å². The number of halogens is 1. The smallest absolute Gasteiger partial charge is 0.191 e. The van der Waals surface area contributed by atoms with Crippen molar-refractivity contribution < 1.29 is 9.84 Å². The summed E-state index contributed by atoms with van der Waals surface area (Å²) in [6.07, 6.45) is 3.74. The molecule has 0 amide bonds. The van der Waals surface area contributed by atoms with Gasteiger partial charge in [-0.15, -0.1) is 0 Å². The number of ether oxygens (including phenoxy) is 1. The number of rotatable bonds is 8. The minimum Gasteiger partial charge on any atom is -0.495 e. The lowest BCUT2D eigenvalue weighted by atomic mass is 10.1. The van der Waals surface area contributed by atoms with Crippen molar-refractivity contribution in [1.82, 2.24) is 15.5 Å². The quantitative estimate of drug-likeness (QED) is 0.329. The molecule has 7 nitrogen and oxygen atoms in total. The molecule has 1 aromatic carbocycles. The summed E-state index contributed by atoms with van der Waals surface area (Å²) >= 11 is 6.21. The Hall–Kier alpha value is -1.70. The number of aliphatic imine (C=N–C) groups is 1. The standard InChI is InChI=1S/C22H36ClN5O2/c1-3-24-22(25-10-4-11-27-12-8-19(29)9-13-27)26-18-7-14-28(16-18)20-15-17(23)5-6-21(20)30-2/h5-6,15,18-19,29H,3-4,7-14,16H2,1-2H3,(H2,24,25,26). The molecule has 0 aliphatic carbocycles. The number of piperidine rings is 1. The summed E-state index contributed by atoms with van der Waals surface area (Å²) in [6.45, 7) is 8.60. The van der Waals surface area contributed by atoms with Gasteiger partial charge in [0, 0.05) is 50.3 Å². The van der Waals surface area contributed by atoms with Crippen molar-refractivity contribution in [3.8, 4) is 5.75 Å². The number of hydrogen-bond acceptors (Lipinski definition) is 5. The summed E-state index contributed by atoms with van der Waals surface area (Å²) in [6, 6.07) is 6.09. The minimum absolute atomic E-state index is 0.110. The largest absolute Gasteiger partial charge is 0.495 e. The third-order valence-corrected chi connectivity index (χ3v) is 6.05. The van der Waals surface area contributed by atoms with E-state index in [9.17, 15) is 5.11 Å². The minimum atomic E-state index is -0.110. The van der Waals surface area contributed by atoms with E-state index in [4.69, 9.17) is 21.3 Å². The summed E-state index contributed by atoms with van der Waals surface area (Å²) in [5, 5.41) is 17.3. The van der Waals surface area contributed by atoms with Crippen LogP contribution in [0.15, 0.2) is 23.2 Å². The first-order valence-electron chi connectivity index (χ1n) is 11.1. The van der Waals surface area contributed by atoms with Crippen molar-refractivity contribution in [2.75, 3.05) is 57.8 Å². The fourth-order valence-corrected chi connectivity index (χ4v) is 4.31. The summed E-state index contributed by atoms with van der Waals surface area (Å²) in [4.78, 5) is 9.52. The Labute approximate surface area is 185 Å².